The Morgan fingerprint density at radius 3 is 2.39 bits per heavy atom. The zero-order valence-electron chi connectivity index (χ0n) is 12.3. The van der Waals surface area contributed by atoms with E-state index in [1.807, 2.05) is 0 Å². The van der Waals surface area contributed by atoms with Gasteiger partial charge in [0.1, 0.15) is 0 Å². The molecule has 1 rings (SSSR count). The van der Waals surface area contributed by atoms with Crippen molar-refractivity contribution in [1.82, 2.24) is 0 Å². The Bertz CT molecular complexity index is 162. The van der Waals surface area contributed by atoms with Crippen LogP contribution in [0.1, 0.15) is 84.0 Å². The fraction of sp³-hybridized carbons (Fsp3) is 1.00. The molecule has 2 nitrogen and oxygen atoms in total. The van der Waals surface area contributed by atoms with Crippen LogP contribution in [0.25, 0.3) is 0 Å². The van der Waals surface area contributed by atoms with Crippen LogP contribution in [0.15, 0.2) is 0 Å². The highest BCUT2D eigenvalue weighted by atomic mass is 16.7. The van der Waals surface area contributed by atoms with Gasteiger partial charge in [-0.15, -0.1) is 0 Å². The van der Waals surface area contributed by atoms with Crippen LogP contribution < -0.4 is 0 Å². The predicted molar refractivity (Wildman–Crippen MR) is 76.8 cm³/mol. The molecule has 1 unspecified atom stereocenters. The second-order valence-corrected chi connectivity index (χ2v) is 5.50. The van der Waals surface area contributed by atoms with Crippen molar-refractivity contribution in [3.63, 3.8) is 0 Å². The molecule has 0 saturated carbocycles. The van der Waals surface area contributed by atoms with E-state index in [-0.39, 0.29) is 6.29 Å². The maximum atomic E-state index is 5.79. The van der Waals surface area contributed by atoms with Crippen LogP contribution in [0.3, 0.4) is 0 Å². The lowest BCUT2D eigenvalue weighted by Crippen LogP contribution is -2.16. The zero-order valence-corrected chi connectivity index (χ0v) is 12.3. The second-order valence-electron chi connectivity index (χ2n) is 5.50. The van der Waals surface area contributed by atoms with Crippen molar-refractivity contribution in [3.8, 4) is 0 Å². The summed E-state index contributed by atoms with van der Waals surface area (Å²) in [6, 6.07) is 0. The van der Waals surface area contributed by atoms with Crippen LogP contribution >= 0.6 is 0 Å². The molecular formula is C16H32O2. The van der Waals surface area contributed by atoms with Crippen LogP contribution in [-0.4, -0.2) is 19.5 Å². The summed E-state index contributed by atoms with van der Waals surface area (Å²) in [6.45, 7) is 4.05. The zero-order chi connectivity index (χ0) is 12.9. The molecule has 0 aliphatic carbocycles. The van der Waals surface area contributed by atoms with Crippen molar-refractivity contribution < 1.29 is 9.47 Å². The van der Waals surface area contributed by atoms with Gasteiger partial charge in [0.2, 0.25) is 0 Å². The van der Waals surface area contributed by atoms with Crippen molar-refractivity contribution in [2.24, 2.45) is 0 Å². The molecule has 0 bridgehead atoms. The molecule has 18 heavy (non-hydrogen) atoms. The Hall–Kier alpha value is -0.0800. The van der Waals surface area contributed by atoms with E-state index in [1.54, 1.807) is 0 Å². The Balaban J connectivity index is 1.80. The summed E-state index contributed by atoms with van der Waals surface area (Å²) in [5, 5.41) is 0. The summed E-state index contributed by atoms with van der Waals surface area (Å²) < 4.78 is 11.4. The molecule has 0 N–H and O–H groups in total. The number of rotatable bonds is 10. The van der Waals surface area contributed by atoms with E-state index in [0.717, 1.165) is 19.6 Å². The van der Waals surface area contributed by atoms with E-state index in [2.05, 4.69) is 6.92 Å². The first-order chi connectivity index (χ1) is 8.93. The molecule has 0 aromatic heterocycles. The van der Waals surface area contributed by atoms with Gasteiger partial charge in [0.25, 0.3) is 0 Å². The minimum absolute atomic E-state index is 0.0945. The molecule has 0 aromatic carbocycles. The molecule has 1 aliphatic rings. The van der Waals surface area contributed by atoms with Gasteiger partial charge in [0.15, 0.2) is 6.29 Å². The molecule has 0 aromatic rings. The smallest absolute Gasteiger partial charge is 0.157 e. The standard InChI is InChI=1S/C16H32O2/c1-2-3-4-5-6-7-8-11-14-17-16-13-10-9-12-15-18-16/h16H,2-15H2,1H3. The molecule has 1 atom stereocenters. The highest BCUT2D eigenvalue weighted by Gasteiger charge is 2.11. The van der Waals surface area contributed by atoms with Crippen LogP contribution in [0, 0.1) is 0 Å². The fourth-order valence-electron chi connectivity index (χ4n) is 2.47. The first-order valence-corrected chi connectivity index (χ1v) is 8.16. The average molecular weight is 256 g/mol. The number of ether oxygens (including phenoxy) is 2. The van der Waals surface area contributed by atoms with Gasteiger partial charge in [0, 0.05) is 13.2 Å². The molecule has 1 saturated heterocycles. The second kappa shape index (κ2) is 12.0. The third-order valence-corrected chi connectivity index (χ3v) is 3.69. The molecule has 1 aliphatic heterocycles. The molecule has 1 fully saturated rings. The van der Waals surface area contributed by atoms with Crippen LogP contribution in [0.5, 0.6) is 0 Å². The summed E-state index contributed by atoms with van der Waals surface area (Å²) in [5.74, 6) is 0. The lowest BCUT2D eigenvalue weighted by molar-refractivity contribution is -0.140. The Kier molecular flexibility index (Phi) is 10.6. The summed E-state index contributed by atoms with van der Waals surface area (Å²) in [5.41, 5.74) is 0. The van der Waals surface area contributed by atoms with E-state index in [1.165, 1.54) is 70.6 Å². The monoisotopic (exact) mass is 256 g/mol. The maximum Gasteiger partial charge on any atom is 0.157 e. The highest BCUT2D eigenvalue weighted by Crippen LogP contribution is 2.15. The first-order valence-electron chi connectivity index (χ1n) is 8.16. The van der Waals surface area contributed by atoms with Gasteiger partial charge in [-0.2, -0.15) is 0 Å². The normalized spacial score (nSPS) is 20.8. The molecule has 108 valence electrons. The lowest BCUT2D eigenvalue weighted by Gasteiger charge is -2.15. The SMILES string of the molecule is CCCCCCCCCCOC1CCCCCO1. The number of unbranched alkanes of at least 4 members (excludes halogenated alkanes) is 7. The van der Waals surface area contributed by atoms with Gasteiger partial charge in [0.05, 0.1) is 0 Å². The van der Waals surface area contributed by atoms with Gasteiger partial charge < -0.3 is 9.47 Å². The topological polar surface area (TPSA) is 18.5 Å². The van der Waals surface area contributed by atoms with Crippen molar-refractivity contribution in [1.29, 1.82) is 0 Å². The minimum atomic E-state index is 0.0945. The summed E-state index contributed by atoms with van der Waals surface area (Å²) >= 11 is 0. The highest BCUT2D eigenvalue weighted by molar-refractivity contribution is 4.54. The van der Waals surface area contributed by atoms with Crippen molar-refractivity contribution in [2.75, 3.05) is 13.2 Å². The van der Waals surface area contributed by atoms with Crippen molar-refractivity contribution in [3.05, 3.63) is 0 Å². The van der Waals surface area contributed by atoms with E-state index in [4.69, 9.17) is 9.47 Å². The third-order valence-electron chi connectivity index (χ3n) is 3.69. The Morgan fingerprint density at radius 2 is 1.61 bits per heavy atom. The van der Waals surface area contributed by atoms with Gasteiger partial charge in [-0.3, -0.25) is 0 Å². The summed E-state index contributed by atoms with van der Waals surface area (Å²) in [7, 11) is 0. The fourth-order valence-corrected chi connectivity index (χ4v) is 2.47. The predicted octanol–water partition coefficient (Wildman–Crippen LogP) is 5.06. The quantitative estimate of drug-likeness (QED) is 0.509. The van der Waals surface area contributed by atoms with Gasteiger partial charge in [-0.1, -0.05) is 58.3 Å². The van der Waals surface area contributed by atoms with Crippen LogP contribution in [0.2, 0.25) is 0 Å². The first kappa shape index (κ1) is 16.0. The van der Waals surface area contributed by atoms with E-state index < -0.39 is 0 Å². The molecule has 0 radical (unpaired) electrons. The molecule has 2 heteroatoms. The average Bonchev–Trinajstić information content (AvgIpc) is 2.65. The van der Waals surface area contributed by atoms with Gasteiger partial charge in [-0.05, 0) is 25.7 Å². The van der Waals surface area contributed by atoms with Gasteiger partial charge in [-0.25, -0.2) is 0 Å². The molecule has 0 amide bonds. The lowest BCUT2D eigenvalue weighted by atomic mass is 10.1. The largest absolute Gasteiger partial charge is 0.353 e. The van der Waals surface area contributed by atoms with Crippen molar-refractivity contribution in [2.45, 2.75) is 90.3 Å². The van der Waals surface area contributed by atoms with E-state index in [0.29, 0.717) is 0 Å². The van der Waals surface area contributed by atoms with Gasteiger partial charge >= 0.3 is 0 Å². The molecule has 1 heterocycles. The summed E-state index contributed by atoms with van der Waals surface area (Å²) in [4.78, 5) is 0. The number of hydrogen-bond donors (Lipinski definition) is 0. The molecule has 0 spiro atoms. The Labute approximate surface area is 113 Å². The van der Waals surface area contributed by atoms with Crippen LogP contribution in [-0.2, 0) is 9.47 Å². The van der Waals surface area contributed by atoms with Crippen molar-refractivity contribution >= 4 is 0 Å². The number of hydrogen-bond acceptors (Lipinski definition) is 2. The van der Waals surface area contributed by atoms with E-state index >= 15 is 0 Å². The molecular weight excluding hydrogens is 224 g/mol. The maximum absolute atomic E-state index is 5.79. The third kappa shape index (κ3) is 8.93. The summed E-state index contributed by atoms with van der Waals surface area (Å²) in [6.07, 6.45) is 15.8. The van der Waals surface area contributed by atoms with Crippen LogP contribution in [0.4, 0.5) is 0 Å². The minimum Gasteiger partial charge on any atom is -0.353 e. The van der Waals surface area contributed by atoms with E-state index in [9.17, 15) is 0 Å². The Morgan fingerprint density at radius 1 is 0.889 bits per heavy atom.